The molecule has 3 N–H and O–H groups in total. The number of nitrogens with zero attached hydrogens (tertiary/aromatic N) is 4. The minimum atomic E-state index is 0.237. The van der Waals surface area contributed by atoms with E-state index in [0.717, 1.165) is 70.9 Å². The third kappa shape index (κ3) is 5.59. The van der Waals surface area contributed by atoms with Crippen LogP contribution in [0.3, 0.4) is 0 Å². The first-order chi connectivity index (χ1) is 20.6. The lowest BCUT2D eigenvalue weighted by molar-refractivity contribution is 0.0475. The van der Waals surface area contributed by atoms with Crippen LogP contribution in [0.2, 0.25) is 0 Å². The normalized spacial score (nSPS) is 28.5. The molecule has 4 bridgehead atoms. The van der Waals surface area contributed by atoms with Crippen LogP contribution in [0.1, 0.15) is 80.5 Å². The third-order valence-corrected chi connectivity index (χ3v) is 10.3. The Kier molecular flexibility index (Phi) is 7.76. The molecule has 2 aromatic carbocycles. The second-order valence-electron chi connectivity index (χ2n) is 13.3. The highest BCUT2D eigenvalue weighted by Gasteiger charge is 2.38. The van der Waals surface area contributed by atoms with Crippen molar-refractivity contribution in [3.8, 4) is 0 Å². The molecule has 6 nitrogen and oxygen atoms in total. The molecule has 3 atom stereocenters. The van der Waals surface area contributed by atoms with Crippen molar-refractivity contribution in [1.82, 2.24) is 15.1 Å². The number of hydrogen-bond donors (Lipinski definition) is 2. The summed E-state index contributed by atoms with van der Waals surface area (Å²) < 4.78 is 0. The van der Waals surface area contributed by atoms with Gasteiger partial charge in [0, 0.05) is 66.2 Å². The van der Waals surface area contributed by atoms with Gasteiger partial charge in [-0.1, -0.05) is 48.6 Å². The SMILES string of the molecule is C=Nc1c(C(=NC(C)CCCN2CC3CCC2CC3)N2CC3CCC(C2)N3)cc(N)c2c1/C2=C\C=C/c1ccccc1. The Morgan fingerprint density at radius 1 is 1.05 bits per heavy atom. The van der Waals surface area contributed by atoms with Crippen molar-refractivity contribution in [2.24, 2.45) is 15.9 Å². The molecule has 4 saturated heterocycles. The van der Waals surface area contributed by atoms with Gasteiger partial charge in [0.15, 0.2) is 0 Å². The second-order valence-corrected chi connectivity index (χ2v) is 13.3. The highest BCUT2D eigenvalue weighted by Crippen LogP contribution is 2.54. The van der Waals surface area contributed by atoms with Gasteiger partial charge in [-0.2, -0.15) is 0 Å². The zero-order chi connectivity index (χ0) is 28.6. The smallest absolute Gasteiger partial charge is 0.133 e. The summed E-state index contributed by atoms with van der Waals surface area (Å²) in [4.78, 5) is 15.3. The molecule has 5 fully saturated rings. The van der Waals surface area contributed by atoms with Gasteiger partial charge in [-0.15, -0.1) is 0 Å². The maximum atomic E-state index is 6.71. The Morgan fingerprint density at radius 2 is 1.81 bits per heavy atom. The number of piperidine rings is 2. The van der Waals surface area contributed by atoms with Crippen LogP contribution in [0.15, 0.2) is 58.5 Å². The predicted molar refractivity (Wildman–Crippen MR) is 177 cm³/mol. The number of piperazine rings is 1. The van der Waals surface area contributed by atoms with Crippen molar-refractivity contribution in [2.75, 3.05) is 31.9 Å². The van der Waals surface area contributed by atoms with Crippen LogP contribution < -0.4 is 11.1 Å². The molecule has 6 heteroatoms. The first-order valence-electron chi connectivity index (χ1n) is 16.3. The first kappa shape index (κ1) is 27.6. The van der Waals surface area contributed by atoms with E-state index in [-0.39, 0.29) is 6.04 Å². The number of hydrogen-bond acceptors (Lipinski definition) is 5. The maximum Gasteiger partial charge on any atom is 0.133 e. The highest BCUT2D eigenvalue weighted by molar-refractivity contribution is 6.17. The molecule has 220 valence electrons. The molecule has 0 spiro atoms. The number of amidine groups is 1. The van der Waals surface area contributed by atoms with Crippen molar-refractivity contribution >= 4 is 35.6 Å². The van der Waals surface area contributed by atoms with E-state index in [2.05, 4.69) is 82.3 Å². The summed E-state index contributed by atoms with van der Waals surface area (Å²) in [5.74, 6) is 2.00. The lowest BCUT2D eigenvalue weighted by atomic mass is 9.80. The minimum Gasteiger partial charge on any atom is -0.398 e. The van der Waals surface area contributed by atoms with Gasteiger partial charge in [-0.25, -0.2) is 0 Å². The Labute approximate surface area is 251 Å². The lowest BCUT2D eigenvalue weighted by Crippen LogP contribution is -2.53. The fourth-order valence-corrected chi connectivity index (χ4v) is 8.10. The maximum absolute atomic E-state index is 6.71. The van der Waals surface area contributed by atoms with E-state index in [4.69, 9.17) is 10.7 Å². The molecule has 6 aliphatic rings. The van der Waals surface area contributed by atoms with Crippen molar-refractivity contribution in [2.45, 2.75) is 82.5 Å². The molecule has 4 aliphatic heterocycles. The zero-order valence-corrected chi connectivity index (χ0v) is 25.1. The molecule has 0 amide bonds. The zero-order valence-electron chi connectivity index (χ0n) is 25.1. The van der Waals surface area contributed by atoms with Crippen molar-refractivity contribution < 1.29 is 0 Å². The molecule has 4 heterocycles. The largest absolute Gasteiger partial charge is 0.398 e. The number of fused-ring (bicyclic) bond motifs is 6. The van der Waals surface area contributed by atoms with Gasteiger partial charge in [-0.05, 0) is 94.7 Å². The Bertz CT molecular complexity index is 1390. The summed E-state index contributed by atoms with van der Waals surface area (Å²) in [6, 6.07) is 14.6. The summed E-state index contributed by atoms with van der Waals surface area (Å²) in [6.45, 7) is 10.8. The van der Waals surface area contributed by atoms with Crippen LogP contribution >= 0.6 is 0 Å². The van der Waals surface area contributed by atoms with Crippen LogP contribution in [-0.4, -0.2) is 72.7 Å². The quantitative estimate of drug-likeness (QED) is 0.183. The van der Waals surface area contributed by atoms with Crippen molar-refractivity contribution in [3.63, 3.8) is 0 Å². The van der Waals surface area contributed by atoms with Gasteiger partial charge in [0.1, 0.15) is 5.84 Å². The fraction of sp³-hybridized carbons (Fsp3) is 0.500. The molecule has 0 aromatic heterocycles. The van der Waals surface area contributed by atoms with E-state index in [0.29, 0.717) is 12.1 Å². The fourth-order valence-electron chi connectivity index (χ4n) is 8.10. The van der Waals surface area contributed by atoms with E-state index in [9.17, 15) is 0 Å². The van der Waals surface area contributed by atoms with Crippen LogP contribution in [0.4, 0.5) is 11.4 Å². The third-order valence-electron chi connectivity index (χ3n) is 10.3. The average molecular weight is 563 g/mol. The summed E-state index contributed by atoms with van der Waals surface area (Å²) in [5.41, 5.74) is 14.1. The second kappa shape index (κ2) is 11.8. The number of aliphatic imine (C=N–C) groups is 2. The van der Waals surface area contributed by atoms with E-state index in [1.165, 1.54) is 63.6 Å². The summed E-state index contributed by atoms with van der Waals surface area (Å²) in [5, 5.41) is 3.79. The monoisotopic (exact) mass is 562 g/mol. The molecule has 1 saturated carbocycles. The van der Waals surface area contributed by atoms with Gasteiger partial charge in [0.25, 0.3) is 0 Å². The van der Waals surface area contributed by atoms with Crippen molar-refractivity contribution in [1.29, 1.82) is 0 Å². The summed E-state index contributed by atoms with van der Waals surface area (Å²) in [7, 11) is 0. The number of allylic oxidation sites excluding steroid dienone is 2. The number of anilines is 1. The van der Waals surface area contributed by atoms with Gasteiger partial charge >= 0.3 is 0 Å². The Morgan fingerprint density at radius 3 is 2.50 bits per heavy atom. The number of nitrogens with one attached hydrogen (secondary N) is 1. The van der Waals surface area contributed by atoms with Crippen LogP contribution in [0, 0.1) is 5.92 Å². The number of likely N-dealkylation sites (tertiary alicyclic amines) is 1. The number of nitrogen functional groups attached to an aromatic ring is 1. The van der Waals surface area contributed by atoms with Crippen LogP contribution in [0.25, 0.3) is 11.6 Å². The lowest BCUT2D eigenvalue weighted by Gasteiger charge is -2.45. The van der Waals surface area contributed by atoms with Gasteiger partial charge in [0.2, 0.25) is 0 Å². The molecule has 8 rings (SSSR count). The Hall–Kier alpha value is -3.22. The highest BCUT2D eigenvalue weighted by atomic mass is 15.3. The summed E-state index contributed by atoms with van der Waals surface area (Å²) in [6.07, 6.45) is 16.9. The molecule has 2 aliphatic carbocycles. The molecular weight excluding hydrogens is 516 g/mol. The molecular formula is C36H46N6. The van der Waals surface area contributed by atoms with Gasteiger partial charge in [-0.3, -0.25) is 9.98 Å². The van der Waals surface area contributed by atoms with Crippen LogP contribution in [0.5, 0.6) is 0 Å². The van der Waals surface area contributed by atoms with E-state index >= 15 is 0 Å². The number of rotatable bonds is 9. The molecule has 3 unspecified atom stereocenters. The minimum absolute atomic E-state index is 0.237. The number of benzene rings is 2. The first-order valence-corrected chi connectivity index (χ1v) is 16.3. The van der Waals surface area contributed by atoms with Gasteiger partial charge in [0.05, 0.1) is 5.69 Å². The van der Waals surface area contributed by atoms with Gasteiger partial charge < -0.3 is 20.9 Å². The number of nitrogens with two attached hydrogens (primary N) is 1. The van der Waals surface area contributed by atoms with E-state index < -0.39 is 0 Å². The average Bonchev–Trinajstić information content (AvgIpc) is 3.64. The predicted octanol–water partition coefficient (Wildman–Crippen LogP) is 6.29. The van der Waals surface area contributed by atoms with E-state index in [1.807, 2.05) is 6.07 Å². The molecule has 0 radical (unpaired) electrons. The van der Waals surface area contributed by atoms with Crippen LogP contribution in [-0.2, 0) is 0 Å². The standard InChI is InChI=1S/C36H46N6/c1-24(8-7-19-41-21-26-13-17-29(41)18-14-26)39-36(42-22-27-15-16-28(23-42)40-27)31-20-32(37)33-30(34(33)35(31)38-2)12-6-11-25-9-4-3-5-10-25/h3-6,9-12,20,24,26-29,40H,2,7-8,13-19,21-23,37H2,1H3/b11-6-,30-12-,39-36?. The van der Waals surface area contributed by atoms with Crippen molar-refractivity contribution in [3.05, 3.63) is 70.8 Å². The molecule has 42 heavy (non-hydrogen) atoms. The van der Waals surface area contributed by atoms with E-state index in [1.54, 1.807) is 0 Å². The topological polar surface area (TPSA) is 69.2 Å². The Balaban J connectivity index is 1.14. The summed E-state index contributed by atoms with van der Waals surface area (Å²) >= 11 is 0. The molecule has 2 aromatic rings.